The second kappa shape index (κ2) is 13.0. The molecule has 180 valence electrons. The molecule has 0 unspecified atom stereocenters. The van der Waals surface area contributed by atoms with Crippen molar-refractivity contribution in [3.05, 3.63) is 39.3 Å². The number of aryl methyl sites for hydroxylation is 3. The Kier molecular flexibility index (Phi) is 10.7. The summed E-state index contributed by atoms with van der Waals surface area (Å²) in [5.41, 5.74) is 4.05. The molecule has 1 aromatic heterocycles. The normalized spacial score (nSPS) is 14.6. The summed E-state index contributed by atoms with van der Waals surface area (Å²) in [6.07, 6.45) is -0.743. The lowest BCUT2D eigenvalue weighted by Crippen LogP contribution is -2.41. The second-order valence-electron chi connectivity index (χ2n) is 7.90. The first kappa shape index (κ1) is 26.4. The smallest absolute Gasteiger partial charge is 0.272 e. The van der Waals surface area contributed by atoms with E-state index in [-0.39, 0.29) is 44.6 Å². The second-order valence-corrected chi connectivity index (χ2v) is 7.90. The fourth-order valence-electron chi connectivity index (χ4n) is 3.51. The number of aromatic nitrogens is 2. The lowest BCUT2D eigenvalue weighted by Gasteiger charge is -2.31. The van der Waals surface area contributed by atoms with Gasteiger partial charge < -0.3 is 33.0 Å². The van der Waals surface area contributed by atoms with Crippen molar-refractivity contribution in [2.75, 3.05) is 48.3 Å². The number of hydrogen-bond acceptors (Lipinski definition) is 8. The summed E-state index contributed by atoms with van der Waals surface area (Å²) in [4.78, 5) is 17.6. The van der Waals surface area contributed by atoms with Gasteiger partial charge in [-0.25, -0.2) is 4.98 Å². The van der Waals surface area contributed by atoms with E-state index in [0.717, 1.165) is 22.2 Å². The van der Waals surface area contributed by atoms with E-state index in [4.69, 9.17) is 28.4 Å². The van der Waals surface area contributed by atoms with Crippen molar-refractivity contribution in [1.82, 2.24) is 9.55 Å². The highest BCUT2D eigenvalue weighted by atomic mass is 16.7. The van der Waals surface area contributed by atoms with Crippen LogP contribution >= 0.6 is 0 Å². The zero-order valence-electron chi connectivity index (χ0n) is 20.2. The molecule has 0 aliphatic carbocycles. The minimum atomic E-state index is -0.396. The molecule has 0 bridgehead atoms. The molecule has 0 aliphatic rings. The highest BCUT2D eigenvalue weighted by molar-refractivity contribution is 5.77. The number of nitrogens with zero attached hydrogens (tertiary/aromatic N) is 2. The molecule has 0 amide bonds. The molecule has 32 heavy (non-hydrogen) atoms. The molecular weight excluding hydrogens is 416 g/mol. The Morgan fingerprint density at radius 3 is 2.12 bits per heavy atom. The highest BCUT2D eigenvalue weighted by Crippen LogP contribution is 2.22. The Bertz CT molecular complexity index is 915. The average Bonchev–Trinajstić information content (AvgIpc) is 2.77. The summed E-state index contributed by atoms with van der Waals surface area (Å²) in [7, 11) is 4.69. The van der Waals surface area contributed by atoms with E-state index in [1.165, 1.54) is 0 Å². The molecule has 1 aromatic carbocycles. The molecule has 0 saturated heterocycles. The van der Waals surface area contributed by atoms with Gasteiger partial charge in [0.25, 0.3) is 5.56 Å². The molecule has 1 heterocycles. The van der Waals surface area contributed by atoms with Gasteiger partial charge in [-0.3, -0.25) is 4.79 Å². The van der Waals surface area contributed by atoms with Crippen molar-refractivity contribution in [3.8, 4) is 0 Å². The molecule has 0 saturated carbocycles. The maximum absolute atomic E-state index is 13.1. The minimum Gasteiger partial charge on any atom is -0.359 e. The Morgan fingerprint density at radius 1 is 0.906 bits per heavy atom. The Hall–Kier alpha value is -1.88. The van der Waals surface area contributed by atoms with Crippen LogP contribution in [0.1, 0.15) is 23.7 Å². The maximum Gasteiger partial charge on any atom is 0.272 e. The summed E-state index contributed by atoms with van der Waals surface area (Å²) in [6.45, 7) is 8.71. The molecule has 0 fully saturated rings. The SMILES string of the molecule is COCOC[C@@H](OCOC)[C@@H](C)[C@H](Cn1c(=O)c(C)nc2cc(C)c(C)cc21)OCOC. The molecule has 9 heteroatoms. The van der Waals surface area contributed by atoms with Gasteiger partial charge in [-0.2, -0.15) is 0 Å². The van der Waals surface area contributed by atoms with Crippen LogP contribution in [0.5, 0.6) is 0 Å². The van der Waals surface area contributed by atoms with Crippen LogP contribution < -0.4 is 5.56 Å². The van der Waals surface area contributed by atoms with Gasteiger partial charge in [-0.05, 0) is 44.0 Å². The summed E-state index contributed by atoms with van der Waals surface area (Å²) < 4.78 is 34.4. The highest BCUT2D eigenvalue weighted by Gasteiger charge is 2.29. The molecule has 0 radical (unpaired) electrons. The maximum atomic E-state index is 13.1. The third kappa shape index (κ3) is 6.81. The first-order chi connectivity index (χ1) is 15.3. The molecule has 0 spiro atoms. The first-order valence-corrected chi connectivity index (χ1v) is 10.6. The van der Waals surface area contributed by atoms with E-state index in [9.17, 15) is 4.79 Å². The standard InChI is InChI=1S/C23H36N2O7/c1-15-8-19-20(9-16(15)2)25(23(26)18(4)24-19)10-21(31-13-28-6)17(3)22(32-14-29-7)11-30-12-27-5/h8-9,17,21-22H,10-14H2,1-7H3/t17-,21-,22+/m0/s1. The van der Waals surface area contributed by atoms with Crippen molar-refractivity contribution < 1.29 is 28.4 Å². The van der Waals surface area contributed by atoms with Crippen LogP contribution in [0, 0.1) is 26.7 Å². The monoisotopic (exact) mass is 452 g/mol. The van der Waals surface area contributed by atoms with Crippen LogP contribution in [0.15, 0.2) is 16.9 Å². The first-order valence-electron chi connectivity index (χ1n) is 10.6. The van der Waals surface area contributed by atoms with Gasteiger partial charge in [0.05, 0.1) is 36.4 Å². The largest absolute Gasteiger partial charge is 0.359 e. The third-order valence-corrected chi connectivity index (χ3v) is 5.54. The fraction of sp³-hybridized carbons (Fsp3) is 0.652. The van der Waals surface area contributed by atoms with Gasteiger partial charge in [0.15, 0.2) is 0 Å². The van der Waals surface area contributed by atoms with Crippen molar-refractivity contribution in [2.24, 2.45) is 5.92 Å². The van der Waals surface area contributed by atoms with Crippen LogP contribution in [0.4, 0.5) is 0 Å². The van der Waals surface area contributed by atoms with Crippen molar-refractivity contribution >= 4 is 11.0 Å². The van der Waals surface area contributed by atoms with Gasteiger partial charge in [-0.15, -0.1) is 0 Å². The minimum absolute atomic E-state index is 0.0832. The van der Waals surface area contributed by atoms with Crippen LogP contribution in [0.2, 0.25) is 0 Å². The Morgan fingerprint density at radius 2 is 1.50 bits per heavy atom. The number of fused-ring (bicyclic) bond motifs is 1. The van der Waals surface area contributed by atoms with Gasteiger partial charge in [-0.1, -0.05) is 6.92 Å². The molecular formula is C23H36N2O7. The van der Waals surface area contributed by atoms with E-state index in [0.29, 0.717) is 12.2 Å². The third-order valence-electron chi connectivity index (χ3n) is 5.54. The predicted octanol–water partition coefficient (Wildman–Crippen LogP) is 2.56. The van der Waals surface area contributed by atoms with E-state index < -0.39 is 6.10 Å². The van der Waals surface area contributed by atoms with Crippen LogP contribution in [0.25, 0.3) is 11.0 Å². The van der Waals surface area contributed by atoms with E-state index in [1.54, 1.807) is 32.8 Å². The zero-order valence-corrected chi connectivity index (χ0v) is 20.2. The van der Waals surface area contributed by atoms with Crippen LogP contribution in [0.3, 0.4) is 0 Å². The lowest BCUT2D eigenvalue weighted by atomic mass is 9.97. The van der Waals surface area contributed by atoms with Gasteiger partial charge in [0.2, 0.25) is 0 Å². The summed E-state index contributed by atoms with van der Waals surface area (Å²) >= 11 is 0. The quantitative estimate of drug-likeness (QED) is 0.319. The fourth-order valence-corrected chi connectivity index (χ4v) is 3.51. The summed E-state index contributed by atoms with van der Waals surface area (Å²) in [5, 5.41) is 0. The van der Waals surface area contributed by atoms with Crippen LogP contribution in [-0.4, -0.2) is 70.1 Å². The lowest BCUT2D eigenvalue weighted by molar-refractivity contribution is -0.166. The number of hydrogen-bond donors (Lipinski definition) is 0. The number of benzene rings is 1. The molecule has 0 N–H and O–H groups in total. The number of ether oxygens (including phenoxy) is 6. The summed E-state index contributed by atoms with van der Waals surface area (Å²) in [5.74, 6) is -0.154. The van der Waals surface area contributed by atoms with Crippen molar-refractivity contribution in [2.45, 2.75) is 46.4 Å². The van der Waals surface area contributed by atoms with Gasteiger partial charge in [0.1, 0.15) is 26.1 Å². The number of rotatable bonds is 14. The van der Waals surface area contributed by atoms with E-state index >= 15 is 0 Å². The Labute approximate surface area is 189 Å². The topological polar surface area (TPSA) is 90.3 Å². The average molecular weight is 453 g/mol. The molecule has 0 aliphatic heterocycles. The van der Waals surface area contributed by atoms with Crippen LogP contribution in [-0.2, 0) is 35.0 Å². The van der Waals surface area contributed by atoms with E-state index in [1.807, 2.05) is 32.9 Å². The molecule has 9 nitrogen and oxygen atoms in total. The Balaban J connectivity index is 2.42. The molecule has 3 atom stereocenters. The van der Waals surface area contributed by atoms with Crippen molar-refractivity contribution in [3.63, 3.8) is 0 Å². The van der Waals surface area contributed by atoms with E-state index in [2.05, 4.69) is 4.98 Å². The predicted molar refractivity (Wildman–Crippen MR) is 121 cm³/mol. The van der Waals surface area contributed by atoms with Crippen molar-refractivity contribution in [1.29, 1.82) is 0 Å². The zero-order chi connectivity index (χ0) is 23.7. The van der Waals surface area contributed by atoms with Gasteiger partial charge in [0, 0.05) is 27.2 Å². The van der Waals surface area contributed by atoms with Gasteiger partial charge >= 0.3 is 0 Å². The molecule has 2 rings (SSSR count). The molecule has 2 aromatic rings. The number of methoxy groups -OCH3 is 3. The summed E-state index contributed by atoms with van der Waals surface area (Å²) in [6, 6.07) is 4.00.